The van der Waals surface area contributed by atoms with Gasteiger partial charge in [0.05, 0.1) is 13.7 Å². The topological polar surface area (TPSA) is 111 Å². The molecule has 1 N–H and O–H groups in total. The summed E-state index contributed by atoms with van der Waals surface area (Å²) in [6.45, 7) is 4.95. The number of carboxylic acid groups (broad SMARTS) is 1. The zero-order valence-corrected chi connectivity index (χ0v) is 21.4. The van der Waals surface area contributed by atoms with Gasteiger partial charge in [-0.3, -0.25) is 9.69 Å². The van der Waals surface area contributed by atoms with E-state index in [4.69, 9.17) is 19.1 Å². The Balaban J connectivity index is 1.55. The maximum absolute atomic E-state index is 10.9. The van der Waals surface area contributed by atoms with Crippen molar-refractivity contribution >= 4 is 5.97 Å². The minimum Gasteiger partial charge on any atom is -0.492 e. The first-order chi connectivity index (χ1) is 17.4. The lowest BCUT2D eigenvalue weighted by atomic mass is 10.0. The van der Waals surface area contributed by atoms with E-state index in [1.165, 1.54) is 12.8 Å². The number of carbonyl (C=O) groups is 1. The number of aliphatic carboxylic acids is 1. The molecule has 1 saturated carbocycles. The number of rotatable bonds is 11. The predicted molar refractivity (Wildman–Crippen MR) is 135 cm³/mol. The predicted octanol–water partition coefficient (Wildman–Crippen LogP) is 4.73. The van der Waals surface area contributed by atoms with Gasteiger partial charge in [0.2, 0.25) is 11.7 Å². The Bertz CT molecular complexity index is 1200. The van der Waals surface area contributed by atoms with Gasteiger partial charge >= 0.3 is 5.97 Å². The van der Waals surface area contributed by atoms with E-state index in [2.05, 4.69) is 22.0 Å². The number of benzene rings is 1. The van der Waals surface area contributed by atoms with E-state index in [9.17, 15) is 4.79 Å². The summed E-state index contributed by atoms with van der Waals surface area (Å²) in [7, 11) is 3.38. The third kappa shape index (κ3) is 6.02. The molecule has 0 spiro atoms. The normalized spacial score (nSPS) is 13.9. The third-order valence-electron chi connectivity index (χ3n) is 6.59. The first-order valence-corrected chi connectivity index (χ1v) is 12.4. The van der Waals surface area contributed by atoms with Gasteiger partial charge in [0.1, 0.15) is 12.4 Å². The number of pyridine rings is 1. The molecule has 0 radical (unpaired) electrons. The van der Waals surface area contributed by atoms with Crippen LogP contribution in [0.4, 0.5) is 0 Å². The SMILES string of the molecule is CCc1cc(-c2noc(-c3cc(OC)nc(C4CCCC4)c3)n2)cc(C)c1OCCN(C)CC(=O)O. The number of likely N-dealkylation sites (N-methyl/N-ethyl adjacent to an activating group) is 1. The van der Waals surface area contributed by atoms with Crippen molar-refractivity contribution < 1.29 is 23.9 Å². The molecule has 2 heterocycles. The molecule has 0 amide bonds. The molecule has 0 aliphatic heterocycles. The lowest BCUT2D eigenvalue weighted by molar-refractivity contribution is -0.138. The van der Waals surface area contributed by atoms with Crippen molar-refractivity contribution in [1.29, 1.82) is 0 Å². The van der Waals surface area contributed by atoms with Crippen molar-refractivity contribution in [3.05, 3.63) is 41.1 Å². The quantitative estimate of drug-likeness (QED) is 0.404. The summed E-state index contributed by atoms with van der Waals surface area (Å²) in [6.07, 6.45) is 5.49. The number of nitrogens with zero attached hydrogens (tertiary/aromatic N) is 4. The molecule has 9 heteroatoms. The van der Waals surface area contributed by atoms with Crippen LogP contribution < -0.4 is 9.47 Å². The lowest BCUT2D eigenvalue weighted by Gasteiger charge is -2.18. The smallest absolute Gasteiger partial charge is 0.317 e. The van der Waals surface area contributed by atoms with E-state index in [1.54, 1.807) is 19.1 Å². The second-order valence-corrected chi connectivity index (χ2v) is 9.34. The average Bonchev–Trinajstić information content (AvgIpc) is 3.57. The van der Waals surface area contributed by atoms with Crippen molar-refractivity contribution in [2.45, 2.75) is 51.9 Å². The maximum atomic E-state index is 10.9. The van der Waals surface area contributed by atoms with E-state index in [1.807, 2.05) is 31.2 Å². The number of hydrogen-bond donors (Lipinski definition) is 1. The van der Waals surface area contributed by atoms with Gasteiger partial charge in [0.15, 0.2) is 0 Å². The Morgan fingerprint density at radius 3 is 2.64 bits per heavy atom. The summed E-state index contributed by atoms with van der Waals surface area (Å²) in [4.78, 5) is 21.9. The first-order valence-electron chi connectivity index (χ1n) is 12.4. The van der Waals surface area contributed by atoms with Crippen LogP contribution in [0.15, 0.2) is 28.8 Å². The summed E-state index contributed by atoms with van der Waals surface area (Å²) in [5.74, 6) is 1.89. The Hall–Kier alpha value is -3.46. The highest BCUT2D eigenvalue weighted by atomic mass is 16.5. The molecule has 2 aromatic heterocycles. The summed E-state index contributed by atoms with van der Waals surface area (Å²) in [5, 5.41) is 13.2. The fourth-order valence-corrected chi connectivity index (χ4v) is 4.70. The van der Waals surface area contributed by atoms with Crippen molar-refractivity contribution in [3.8, 4) is 34.5 Å². The number of aryl methyl sites for hydroxylation is 2. The van der Waals surface area contributed by atoms with Crippen LogP contribution in [-0.4, -0.2) is 65.0 Å². The van der Waals surface area contributed by atoms with Crippen LogP contribution in [0, 0.1) is 6.92 Å². The highest BCUT2D eigenvalue weighted by molar-refractivity contribution is 5.69. The Kier molecular flexibility index (Phi) is 8.20. The Morgan fingerprint density at radius 2 is 1.94 bits per heavy atom. The zero-order chi connectivity index (χ0) is 25.7. The summed E-state index contributed by atoms with van der Waals surface area (Å²) in [6, 6.07) is 7.88. The molecule has 1 fully saturated rings. The highest BCUT2D eigenvalue weighted by Gasteiger charge is 2.22. The molecule has 9 nitrogen and oxygen atoms in total. The van der Waals surface area contributed by atoms with Crippen molar-refractivity contribution in [2.75, 3.05) is 33.9 Å². The molecule has 3 aromatic rings. The molecule has 192 valence electrons. The van der Waals surface area contributed by atoms with E-state index in [0.717, 1.165) is 53.0 Å². The summed E-state index contributed by atoms with van der Waals surface area (Å²) >= 11 is 0. The fraction of sp³-hybridized carbons (Fsp3) is 0.481. The van der Waals surface area contributed by atoms with Crippen molar-refractivity contribution in [2.24, 2.45) is 0 Å². The zero-order valence-electron chi connectivity index (χ0n) is 21.4. The van der Waals surface area contributed by atoms with Crippen LogP contribution >= 0.6 is 0 Å². The Morgan fingerprint density at radius 1 is 1.17 bits per heavy atom. The van der Waals surface area contributed by atoms with Gasteiger partial charge in [-0.1, -0.05) is 24.9 Å². The van der Waals surface area contributed by atoms with Gasteiger partial charge in [0, 0.05) is 35.3 Å². The van der Waals surface area contributed by atoms with Crippen LogP contribution in [0.5, 0.6) is 11.6 Å². The standard InChI is InChI=1S/C27H34N4O5/c1-5-18-13-20(12-17(2)25(18)35-11-10-31(3)16-24(32)33)26-29-27(36-30-26)21-14-22(19-8-6-7-9-19)28-23(15-21)34-4/h12-15,19H,5-11,16H2,1-4H3,(H,32,33). The second kappa shape index (κ2) is 11.5. The average molecular weight is 495 g/mol. The Labute approximate surface area is 211 Å². The minimum atomic E-state index is -0.855. The van der Waals surface area contributed by atoms with Crippen LogP contribution in [0.3, 0.4) is 0 Å². The fourth-order valence-electron chi connectivity index (χ4n) is 4.70. The third-order valence-corrected chi connectivity index (χ3v) is 6.59. The molecular weight excluding hydrogens is 460 g/mol. The molecule has 1 aliphatic rings. The van der Waals surface area contributed by atoms with Gasteiger partial charge in [-0.15, -0.1) is 0 Å². The van der Waals surface area contributed by atoms with Crippen LogP contribution in [0.1, 0.15) is 55.3 Å². The van der Waals surface area contributed by atoms with Crippen LogP contribution in [0.2, 0.25) is 0 Å². The summed E-state index contributed by atoms with van der Waals surface area (Å²) < 4.78 is 17.1. The summed E-state index contributed by atoms with van der Waals surface area (Å²) in [5.41, 5.74) is 4.67. The van der Waals surface area contributed by atoms with Gasteiger partial charge in [-0.05, 0) is 62.6 Å². The molecule has 0 atom stereocenters. The maximum Gasteiger partial charge on any atom is 0.317 e. The number of carboxylic acids is 1. The minimum absolute atomic E-state index is 0.0203. The van der Waals surface area contributed by atoms with Gasteiger partial charge in [-0.2, -0.15) is 4.98 Å². The number of hydrogen-bond acceptors (Lipinski definition) is 8. The van der Waals surface area contributed by atoms with Gasteiger partial charge in [-0.25, -0.2) is 4.98 Å². The molecule has 36 heavy (non-hydrogen) atoms. The van der Waals surface area contributed by atoms with Crippen LogP contribution in [0.25, 0.3) is 22.8 Å². The number of ether oxygens (including phenoxy) is 2. The molecular formula is C27H34N4O5. The first kappa shape index (κ1) is 25.6. The molecule has 0 saturated heterocycles. The van der Waals surface area contributed by atoms with E-state index >= 15 is 0 Å². The highest BCUT2D eigenvalue weighted by Crippen LogP contribution is 2.36. The molecule has 1 aliphatic carbocycles. The van der Waals surface area contributed by atoms with Crippen molar-refractivity contribution in [3.63, 3.8) is 0 Å². The number of methoxy groups -OCH3 is 1. The molecule has 0 bridgehead atoms. The van der Waals surface area contributed by atoms with E-state index in [-0.39, 0.29) is 6.54 Å². The second-order valence-electron chi connectivity index (χ2n) is 9.34. The largest absolute Gasteiger partial charge is 0.492 e. The monoisotopic (exact) mass is 494 g/mol. The van der Waals surface area contributed by atoms with Gasteiger partial charge < -0.3 is 19.1 Å². The molecule has 1 aromatic carbocycles. The van der Waals surface area contributed by atoms with E-state index in [0.29, 0.717) is 36.7 Å². The van der Waals surface area contributed by atoms with Crippen molar-refractivity contribution in [1.82, 2.24) is 20.0 Å². The van der Waals surface area contributed by atoms with E-state index < -0.39 is 5.97 Å². The molecule has 4 rings (SSSR count). The van der Waals surface area contributed by atoms with Crippen LogP contribution in [-0.2, 0) is 11.2 Å². The molecule has 0 unspecified atom stereocenters. The lowest BCUT2D eigenvalue weighted by Crippen LogP contribution is -2.29. The number of aromatic nitrogens is 3. The van der Waals surface area contributed by atoms with Gasteiger partial charge in [0.25, 0.3) is 5.89 Å².